The summed E-state index contributed by atoms with van der Waals surface area (Å²) in [4.78, 5) is 12.1. The molecule has 0 unspecified atom stereocenters. The minimum Gasteiger partial charge on any atom is -0.317 e. The van der Waals surface area contributed by atoms with Crippen molar-refractivity contribution in [1.82, 2.24) is 5.32 Å². The van der Waals surface area contributed by atoms with Gasteiger partial charge in [-0.3, -0.25) is 4.79 Å². The van der Waals surface area contributed by atoms with Crippen LogP contribution in [0.3, 0.4) is 0 Å². The highest BCUT2D eigenvalue weighted by Gasteiger charge is 2.25. The van der Waals surface area contributed by atoms with Crippen LogP contribution in [-0.2, 0) is 0 Å². The topological polar surface area (TPSA) is 52.9 Å². The Kier molecular flexibility index (Phi) is 3.50. The number of nitrogens with zero attached hydrogens (tertiary/aromatic N) is 1. The summed E-state index contributed by atoms with van der Waals surface area (Å²) in [6.07, 6.45) is 1.46. The van der Waals surface area contributed by atoms with Crippen molar-refractivity contribution in [1.29, 1.82) is 5.26 Å². The molecule has 88 valence electrons. The molecule has 0 atom stereocenters. The van der Waals surface area contributed by atoms with Crippen molar-refractivity contribution in [2.24, 2.45) is 5.92 Å². The summed E-state index contributed by atoms with van der Waals surface area (Å²) in [5.74, 6) is -0.987. The quantitative estimate of drug-likeness (QED) is 0.792. The first-order chi connectivity index (χ1) is 8.24. The fourth-order valence-corrected chi connectivity index (χ4v) is 2.11. The van der Waals surface area contributed by atoms with Crippen LogP contribution in [0.1, 0.15) is 28.8 Å². The molecule has 0 bridgehead atoms. The van der Waals surface area contributed by atoms with Crippen molar-refractivity contribution in [3.05, 3.63) is 35.1 Å². The van der Waals surface area contributed by atoms with E-state index in [1.165, 1.54) is 12.1 Å². The highest BCUT2D eigenvalue weighted by molar-refractivity contribution is 5.98. The summed E-state index contributed by atoms with van der Waals surface area (Å²) in [7, 11) is 0. The molecule has 1 fully saturated rings. The molecule has 1 aliphatic rings. The third kappa shape index (κ3) is 2.34. The predicted octanol–water partition coefficient (Wildman–Crippen LogP) is 1.88. The molecule has 3 nitrogen and oxygen atoms in total. The Morgan fingerprint density at radius 3 is 2.76 bits per heavy atom. The monoisotopic (exact) mass is 232 g/mol. The molecular formula is C13H13FN2O. The summed E-state index contributed by atoms with van der Waals surface area (Å²) >= 11 is 0. The standard InChI is InChI=1S/C13H13FN2O/c14-12-10(8-15)2-1-3-11(12)13(17)9-4-6-16-7-5-9/h1-3,9,16H,4-7H2. The van der Waals surface area contributed by atoms with Gasteiger partial charge in [0, 0.05) is 5.92 Å². The van der Waals surface area contributed by atoms with Gasteiger partial charge in [-0.15, -0.1) is 0 Å². The van der Waals surface area contributed by atoms with Gasteiger partial charge < -0.3 is 5.32 Å². The van der Waals surface area contributed by atoms with Gasteiger partial charge in [-0.2, -0.15) is 5.26 Å². The average molecular weight is 232 g/mol. The Hall–Kier alpha value is -1.73. The van der Waals surface area contributed by atoms with Crippen molar-refractivity contribution >= 4 is 5.78 Å². The molecule has 0 radical (unpaired) electrons. The minimum absolute atomic E-state index is 0.0518. The summed E-state index contributed by atoms with van der Waals surface area (Å²) in [5.41, 5.74) is -0.0132. The van der Waals surface area contributed by atoms with E-state index in [0.29, 0.717) is 0 Å². The normalized spacial score (nSPS) is 16.5. The fourth-order valence-electron chi connectivity index (χ4n) is 2.11. The Balaban J connectivity index is 2.27. The summed E-state index contributed by atoms with van der Waals surface area (Å²) in [6, 6.07) is 6.15. The molecule has 4 heteroatoms. The third-order valence-electron chi connectivity index (χ3n) is 3.09. The molecule has 0 spiro atoms. The number of rotatable bonds is 2. The summed E-state index contributed by atoms with van der Waals surface area (Å²) < 4.78 is 13.8. The number of carbonyl (C=O) groups excluding carboxylic acids is 1. The van der Waals surface area contributed by atoms with E-state index in [-0.39, 0.29) is 22.8 Å². The molecular weight excluding hydrogens is 219 g/mol. The maximum atomic E-state index is 13.8. The Labute approximate surface area is 99.2 Å². The molecule has 1 N–H and O–H groups in total. The van der Waals surface area contributed by atoms with Gasteiger partial charge in [0.2, 0.25) is 0 Å². The lowest BCUT2D eigenvalue weighted by atomic mass is 9.89. The lowest BCUT2D eigenvalue weighted by Crippen LogP contribution is -2.32. The van der Waals surface area contributed by atoms with Crippen LogP contribution in [0.25, 0.3) is 0 Å². The molecule has 0 aliphatic carbocycles. The lowest BCUT2D eigenvalue weighted by molar-refractivity contribution is 0.0891. The lowest BCUT2D eigenvalue weighted by Gasteiger charge is -2.21. The molecule has 1 heterocycles. The molecule has 1 saturated heterocycles. The first-order valence-corrected chi connectivity index (χ1v) is 5.67. The van der Waals surface area contributed by atoms with Gasteiger partial charge in [0.15, 0.2) is 11.6 Å². The van der Waals surface area contributed by atoms with E-state index in [1.54, 1.807) is 12.1 Å². The molecule has 2 rings (SSSR count). The van der Waals surface area contributed by atoms with Crippen molar-refractivity contribution < 1.29 is 9.18 Å². The van der Waals surface area contributed by atoms with Crippen LogP contribution >= 0.6 is 0 Å². The Morgan fingerprint density at radius 1 is 1.41 bits per heavy atom. The predicted molar refractivity (Wildman–Crippen MR) is 61.0 cm³/mol. The van der Waals surface area contributed by atoms with Crippen LogP contribution in [-0.4, -0.2) is 18.9 Å². The fraction of sp³-hybridized carbons (Fsp3) is 0.385. The van der Waals surface area contributed by atoms with Crippen molar-refractivity contribution in [3.8, 4) is 6.07 Å². The highest BCUT2D eigenvalue weighted by atomic mass is 19.1. The van der Waals surface area contributed by atoms with Gasteiger partial charge in [-0.25, -0.2) is 4.39 Å². The van der Waals surface area contributed by atoms with Crippen LogP contribution < -0.4 is 5.32 Å². The molecule has 0 saturated carbocycles. The van der Waals surface area contributed by atoms with E-state index in [9.17, 15) is 9.18 Å². The number of piperidine rings is 1. The number of benzene rings is 1. The first kappa shape index (κ1) is 11.7. The van der Waals surface area contributed by atoms with E-state index in [2.05, 4.69) is 5.32 Å². The average Bonchev–Trinajstić information content (AvgIpc) is 2.39. The summed E-state index contributed by atoms with van der Waals surface area (Å²) in [6.45, 7) is 1.58. The van der Waals surface area contributed by atoms with Crippen LogP contribution in [0.5, 0.6) is 0 Å². The van der Waals surface area contributed by atoms with E-state index in [1.807, 2.05) is 0 Å². The number of nitriles is 1. The molecule has 0 amide bonds. The van der Waals surface area contributed by atoms with Gasteiger partial charge in [-0.1, -0.05) is 6.07 Å². The molecule has 1 aliphatic heterocycles. The van der Waals surface area contributed by atoms with Crippen molar-refractivity contribution in [2.45, 2.75) is 12.8 Å². The van der Waals surface area contributed by atoms with Crippen LogP contribution in [0.15, 0.2) is 18.2 Å². The first-order valence-electron chi connectivity index (χ1n) is 5.67. The van der Waals surface area contributed by atoms with Gasteiger partial charge >= 0.3 is 0 Å². The number of hydrogen-bond donors (Lipinski definition) is 1. The zero-order chi connectivity index (χ0) is 12.3. The van der Waals surface area contributed by atoms with Gasteiger partial charge in [0.05, 0.1) is 11.1 Å². The Morgan fingerprint density at radius 2 is 2.12 bits per heavy atom. The van der Waals surface area contributed by atoms with E-state index < -0.39 is 5.82 Å². The third-order valence-corrected chi connectivity index (χ3v) is 3.09. The smallest absolute Gasteiger partial charge is 0.169 e. The van der Waals surface area contributed by atoms with Crippen molar-refractivity contribution in [2.75, 3.05) is 13.1 Å². The van der Waals surface area contributed by atoms with Gasteiger partial charge in [0.1, 0.15) is 6.07 Å². The van der Waals surface area contributed by atoms with Gasteiger partial charge in [0.25, 0.3) is 0 Å². The maximum absolute atomic E-state index is 13.8. The molecule has 0 aromatic heterocycles. The van der Waals surface area contributed by atoms with Crippen LogP contribution in [0.2, 0.25) is 0 Å². The van der Waals surface area contributed by atoms with E-state index in [0.717, 1.165) is 25.9 Å². The number of halogens is 1. The highest BCUT2D eigenvalue weighted by Crippen LogP contribution is 2.21. The Bertz CT molecular complexity index is 473. The molecule has 17 heavy (non-hydrogen) atoms. The van der Waals surface area contributed by atoms with E-state index >= 15 is 0 Å². The molecule has 1 aromatic rings. The second kappa shape index (κ2) is 5.07. The van der Waals surface area contributed by atoms with Gasteiger partial charge in [-0.05, 0) is 38.1 Å². The number of hydrogen-bond acceptors (Lipinski definition) is 3. The second-order valence-electron chi connectivity index (χ2n) is 4.17. The maximum Gasteiger partial charge on any atom is 0.169 e. The minimum atomic E-state index is -0.682. The second-order valence-corrected chi connectivity index (χ2v) is 4.17. The van der Waals surface area contributed by atoms with Crippen LogP contribution in [0.4, 0.5) is 4.39 Å². The summed E-state index contributed by atoms with van der Waals surface area (Å²) in [5, 5.41) is 11.9. The zero-order valence-electron chi connectivity index (χ0n) is 9.37. The largest absolute Gasteiger partial charge is 0.317 e. The zero-order valence-corrected chi connectivity index (χ0v) is 9.37. The number of carbonyl (C=O) groups is 1. The SMILES string of the molecule is N#Cc1cccc(C(=O)C2CCNCC2)c1F. The number of nitrogens with one attached hydrogen (secondary N) is 1. The number of Topliss-reactive ketones (excluding diaryl/α,β-unsaturated/α-hetero) is 1. The number of ketones is 1. The van der Waals surface area contributed by atoms with Crippen LogP contribution in [0, 0.1) is 23.1 Å². The van der Waals surface area contributed by atoms with E-state index in [4.69, 9.17) is 5.26 Å². The van der Waals surface area contributed by atoms with Crippen molar-refractivity contribution in [3.63, 3.8) is 0 Å². The molecule has 1 aromatic carbocycles.